The van der Waals surface area contributed by atoms with Crippen molar-refractivity contribution < 1.29 is 24.2 Å². The van der Waals surface area contributed by atoms with E-state index in [2.05, 4.69) is 5.32 Å². The molecular weight excluding hydrogens is 374 g/mol. The van der Waals surface area contributed by atoms with Gasteiger partial charge in [-0.15, -0.1) is 0 Å². The molecule has 0 radical (unpaired) electrons. The SMILES string of the molecule is NCc1ccc(C(=O)NCc2ccc(OCC(=O)N3CC(=O)[C@@H](O)C3)cc2)cc1. The van der Waals surface area contributed by atoms with E-state index in [4.69, 9.17) is 10.5 Å². The number of amides is 2. The zero-order chi connectivity index (χ0) is 20.8. The van der Waals surface area contributed by atoms with Gasteiger partial charge in [0.1, 0.15) is 11.9 Å². The van der Waals surface area contributed by atoms with E-state index in [0.29, 0.717) is 24.4 Å². The Labute approximate surface area is 168 Å². The van der Waals surface area contributed by atoms with E-state index in [9.17, 15) is 19.5 Å². The lowest BCUT2D eigenvalue weighted by Crippen LogP contribution is -2.33. The lowest BCUT2D eigenvalue weighted by molar-refractivity contribution is -0.133. The predicted molar refractivity (Wildman–Crippen MR) is 105 cm³/mol. The molecule has 4 N–H and O–H groups in total. The van der Waals surface area contributed by atoms with Gasteiger partial charge in [-0.1, -0.05) is 24.3 Å². The summed E-state index contributed by atoms with van der Waals surface area (Å²) in [5.74, 6) is -0.398. The molecule has 3 rings (SSSR count). The highest BCUT2D eigenvalue weighted by Crippen LogP contribution is 2.13. The fourth-order valence-corrected chi connectivity index (χ4v) is 2.88. The van der Waals surface area contributed by atoms with Crippen molar-refractivity contribution in [2.75, 3.05) is 19.7 Å². The Hall–Kier alpha value is -3.23. The summed E-state index contributed by atoms with van der Waals surface area (Å²) in [4.78, 5) is 36.8. The third-order valence-corrected chi connectivity index (χ3v) is 4.65. The zero-order valence-electron chi connectivity index (χ0n) is 15.8. The van der Waals surface area contributed by atoms with Crippen molar-refractivity contribution in [2.24, 2.45) is 5.73 Å². The second-order valence-corrected chi connectivity index (χ2v) is 6.77. The van der Waals surface area contributed by atoms with Crippen molar-refractivity contribution in [2.45, 2.75) is 19.2 Å². The Bertz CT molecular complexity index is 880. The maximum Gasteiger partial charge on any atom is 0.261 e. The quantitative estimate of drug-likeness (QED) is 0.615. The molecule has 2 aromatic carbocycles. The first-order chi connectivity index (χ1) is 14.0. The predicted octanol–water partition coefficient (Wildman–Crippen LogP) is 0.226. The normalized spacial score (nSPS) is 16.0. The van der Waals surface area contributed by atoms with Crippen LogP contribution < -0.4 is 15.8 Å². The molecule has 1 fully saturated rings. The number of rotatable bonds is 7. The summed E-state index contributed by atoms with van der Waals surface area (Å²) in [6.07, 6.45) is -1.10. The van der Waals surface area contributed by atoms with E-state index in [1.807, 2.05) is 12.1 Å². The van der Waals surface area contributed by atoms with Crippen LogP contribution in [0.1, 0.15) is 21.5 Å². The molecule has 1 atom stereocenters. The van der Waals surface area contributed by atoms with Crippen LogP contribution in [0.3, 0.4) is 0 Å². The van der Waals surface area contributed by atoms with Crippen LogP contribution in [-0.4, -0.2) is 53.4 Å². The van der Waals surface area contributed by atoms with Gasteiger partial charge in [0.25, 0.3) is 11.8 Å². The molecule has 0 saturated carbocycles. The molecule has 1 aliphatic heterocycles. The molecule has 8 heteroatoms. The lowest BCUT2D eigenvalue weighted by Gasteiger charge is -2.15. The number of aliphatic hydroxyl groups excluding tert-OH is 1. The van der Waals surface area contributed by atoms with Crippen molar-refractivity contribution >= 4 is 17.6 Å². The van der Waals surface area contributed by atoms with Crippen LogP contribution in [0.25, 0.3) is 0 Å². The highest BCUT2D eigenvalue weighted by molar-refractivity contribution is 5.94. The number of nitrogens with one attached hydrogen (secondary N) is 1. The van der Waals surface area contributed by atoms with Crippen molar-refractivity contribution in [3.8, 4) is 5.75 Å². The van der Waals surface area contributed by atoms with Gasteiger partial charge < -0.3 is 25.8 Å². The molecular formula is C21H23N3O5. The Morgan fingerprint density at radius 2 is 1.76 bits per heavy atom. The second kappa shape index (κ2) is 9.31. The minimum atomic E-state index is -1.10. The largest absolute Gasteiger partial charge is 0.484 e. The average Bonchev–Trinajstić information content (AvgIpc) is 3.09. The summed E-state index contributed by atoms with van der Waals surface area (Å²) in [6, 6.07) is 14.1. The molecule has 0 bridgehead atoms. The van der Waals surface area contributed by atoms with Gasteiger partial charge >= 0.3 is 0 Å². The number of aliphatic hydroxyl groups is 1. The fourth-order valence-electron chi connectivity index (χ4n) is 2.88. The Morgan fingerprint density at radius 3 is 2.34 bits per heavy atom. The number of carbonyl (C=O) groups is 3. The van der Waals surface area contributed by atoms with Gasteiger partial charge in [0.15, 0.2) is 12.4 Å². The first-order valence-electron chi connectivity index (χ1n) is 9.24. The van der Waals surface area contributed by atoms with Crippen molar-refractivity contribution in [1.29, 1.82) is 0 Å². The molecule has 2 aromatic rings. The van der Waals surface area contributed by atoms with E-state index in [0.717, 1.165) is 11.1 Å². The van der Waals surface area contributed by atoms with E-state index in [-0.39, 0.29) is 37.3 Å². The standard InChI is InChI=1S/C21H23N3O5/c22-9-14-1-5-16(6-2-14)21(28)23-10-15-3-7-17(8-4-15)29-13-20(27)24-11-18(25)19(26)12-24/h1-8,18,25H,9-13,22H2,(H,23,28)/t18-/m0/s1. The molecule has 1 aliphatic rings. The van der Waals surface area contributed by atoms with Crippen LogP contribution in [0, 0.1) is 0 Å². The Balaban J connectivity index is 1.45. The number of nitrogens with zero attached hydrogens (tertiary/aromatic N) is 1. The summed E-state index contributed by atoms with van der Waals surface area (Å²) in [5.41, 5.74) is 7.95. The van der Waals surface area contributed by atoms with E-state index in [1.165, 1.54) is 4.90 Å². The first-order valence-corrected chi connectivity index (χ1v) is 9.24. The molecule has 1 saturated heterocycles. The fraction of sp³-hybridized carbons (Fsp3) is 0.286. The average molecular weight is 397 g/mol. The van der Waals surface area contributed by atoms with Gasteiger partial charge in [-0.05, 0) is 35.4 Å². The lowest BCUT2D eigenvalue weighted by atomic mass is 10.1. The van der Waals surface area contributed by atoms with Gasteiger partial charge in [0.05, 0.1) is 13.1 Å². The molecule has 8 nitrogen and oxygen atoms in total. The highest BCUT2D eigenvalue weighted by Gasteiger charge is 2.31. The first kappa shape index (κ1) is 20.5. The smallest absolute Gasteiger partial charge is 0.261 e. The molecule has 0 unspecified atom stereocenters. The minimum absolute atomic E-state index is 0.00854. The minimum Gasteiger partial charge on any atom is -0.484 e. The number of hydrogen-bond acceptors (Lipinski definition) is 6. The van der Waals surface area contributed by atoms with Gasteiger partial charge in [0, 0.05) is 18.7 Å². The highest BCUT2D eigenvalue weighted by atomic mass is 16.5. The molecule has 152 valence electrons. The van der Waals surface area contributed by atoms with Crippen molar-refractivity contribution in [3.63, 3.8) is 0 Å². The Morgan fingerprint density at radius 1 is 1.10 bits per heavy atom. The number of ether oxygens (including phenoxy) is 1. The zero-order valence-corrected chi connectivity index (χ0v) is 15.8. The summed E-state index contributed by atoms with van der Waals surface area (Å²) in [5, 5.41) is 12.2. The van der Waals surface area contributed by atoms with E-state index >= 15 is 0 Å². The summed E-state index contributed by atoms with van der Waals surface area (Å²) in [6.45, 7) is 0.491. The summed E-state index contributed by atoms with van der Waals surface area (Å²) in [7, 11) is 0. The van der Waals surface area contributed by atoms with Gasteiger partial charge in [-0.3, -0.25) is 14.4 Å². The van der Waals surface area contributed by atoms with E-state index in [1.54, 1.807) is 36.4 Å². The molecule has 0 spiro atoms. The molecule has 0 aliphatic carbocycles. The number of benzene rings is 2. The van der Waals surface area contributed by atoms with Crippen molar-refractivity contribution in [1.82, 2.24) is 10.2 Å². The van der Waals surface area contributed by atoms with Crippen LogP contribution in [0.15, 0.2) is 48.5 Å². The maximum absolute atomic E-state index is 12.2. The number of hydrogen-bond donors (Lipinski definition) is 3. The van der Waals surface area contributed by atoms with Crippen LogP contribution in [0.2, 0.25) is 0 Å². The van der Waals surface area contributed by atoms with Gasteiger partial charge in [-0.25, -0.2) is 0 Å². The second-order valence-electron chi connectivity index (χ2n) is 6.77. The maximum atomic E-state index is 12.2. The third kappa shape index (κ3) is 5.40. The van der Waals surface area contributed by atoms with Gasteiger partial charge in [-0.2, -0.15) is 0 Å². The van der Waals surface area contributed by atoms with Crippen LogP contribution in [0.4, 0.5) is 0 Å². The van der Waals surface area contributed by atoms with Crippen LogP contribution >= 0.6 is 0 Å². The van der Waals surface area contributed by atoms with Gasteiger partial charge in [0.2, 0.25) is 0 Å². The van der Waals surface area contributed by atoms with E-state index < -0.39 is 6.10 Å². The molecule has 0 aromatic heterocycles. The number of likely N-dealkylation sites (tertiary alicyclic amines) is 1. The third-order valence-electron chi connectivity index (χ3n) is 4.65. The monoisotopic (exact) mass is 397 g/mol. The number of carbonyl (C=O) groups excluding carboxylic acids is 3. The number of nitrogens with two attached hydrogens (primary N) is 1. The topological polar surface area (TPSA) is 122 Å². The summed E-state index contributed by atoms with van der Waals surface area (Å²) < 4.78 is 5.44. The number of ketones is 1. The van der Waals surface area contributed by atoms with Crippen molar-refractivity contribution in [3.05, 3.63) is 65.2 Å². The molecule has 29 heavy (non-hydrogen) atoms. The molecule has 1 heterocycles. The van der Waals surface area contributed by atoms with Crippen LogP contribution in [0.5, 0.6) is 5.75 Å². The number of β-amino-alcohol motifs (C(OH)–C–C–N with tert-alkyl or cyclic N) is 1. The number of Topliss-reactive ketones (excluding diaryl/α,β-unsaturated/α-hetero) is 1. The summed E-state index contributed by atoms with van der Waals surface area (Å²) >= 11 is 0. The Kier molecular flexibility index (Phi) is 6.58. The van der Waals surface area contributed by atoms with Crippen LogP contribution in [-0.2, 0) is 22.7 Å². The molecule has 2 amide bonds.